The number of nitrogens with zero attached hydrogens (tertiary/aromatic N) is 2. The molecular weight excluding hydrogens is 392 g/mol. The molecule has 2 atom stereocenters. The first kappa shape index (κ1) is 19.9. The largest absolute Gasteiger partial charge is 0.322 e. The molecule has 0 spiro atoms. The maximum atomic E-state index is 13.1. The van der Waals surface area contributed by atoms with E-state index in [-0.39, 0.29) is 24.1 Å². The average Bonchev–Trinajstić information content (AvgIpc) is 3.11. The summed E-state index contributed by atoms with van der Waals surface area (Å²) in [6, 6.07) is 16.3. The van der Waals surface area contributed by atoms with Gasteiger partial charge in [-0.1, -0.05) is 42.5 Å². The van der Waals surface area contributed by atoms with Crippen LogP contribution in [0.5, 0.6) is 0 Å². The number of nitrogens with one attached hydrogen (secondary N) is 2. The summed E-state index contributed by atoms with van der Waals surface area (Å²) >= 11 is 0. The van der Waals surface area contributed by atoms with Crippen LogP contribution >= 0.6 is 0 Å². The second-order valence-corrected chi connectivity index (χ2v) is 8.49. The lowest BCUT2D eigenvalue weighted by atomic mass is 10.0. The van der Waals surface area contributed by atoms with Gasteiger partial charge < -0.3 is 10.2 Å². The molecule has 0 saturated carbocycles. The van der Waals surface area contributed by atoms with Gasteiger partial charge in [-0.15, -0.1) is 0 Å². The molecule has 2 aromatic rings. The SMILES string of the molecule is O=C1CCC(N2Cc3ccc(CN4CCNCC4c4ccccc4)cc3C2=O)C(=O)N1. The highest BCUT2D eigenvalue weighted by atomic mass is 16.2. The third kappa shape index (κ3) is 3.86. The number of amides is 3. The Morgan fingerprint density at radius 2 is 1.84 bits per heavy atom. The summed E-state index contributed by atoms with van der Waals surface area (Å²) in [4.78, 5) is 40.8. The zero-order chi connectivity index (χ0) is 21.4. The first-order chi connectivity index (χ1) is 15.1. The number of rotatable bonds is 4. The van der Waals surface area contributed by atoms with E-state index < -0.39 is 6.04 Å². The number of hydrogen-bond donors (Lipinski definition) is 2. The number of benzene rings is 2. The Morgan fingerprint density at radius 3 is 2.65 bits per heavy atom. The van der Waals surface area contributed by atoms with E-state index in [1.54, 1.807) is 4.90 Å². The van der Waals surface area contributed by atoms with E-state index in [9.17, 15) is 14.4 Å². The topological polar surface area (TPSA) is 81.8 Å². The maximum Gasteiger partial charge on any atom is 0.255 e. The minimum Gasteiger partial charge on any atom is -0.322 e. The molecule has 2 aromatic carbocycles. The van der Waals surface area contributed by atoms with Crippen molar-refractivity contribution in [1.29, 1.82) is 0 Å². The van der Waals surface area contributed by atoms with Crippen LogP contribution in [0.25, 0.3) is 0 Å². The monoisotopic (exact) mass is 418 g/mol. The summed E-state index contributed by atoms with van der Waals surface area (Å²) < 4.78 is 0. The van der Waals surface area contributed by atoms with E-state index in [2.05, 4.69) is 45.9 Å². The maximum absolute atomic E-state index is 13.1. The van der Waals surface area contributed by atoms with Gasteiger partial charge in [-0.25, -0.2) is 0 Å². The van der Waals surface area contributed by atoms with Crippen molar-refractivity contribution in [3.63, 3.8) is 0 Å². The summed E-state index contributed by atoms with van der Waals surface area (Å²) in [6.07, 6.45) is 0.655. The van der Waals surface area contributed by atoms with Gasteiger partial charge in [0.25, 0.3) is 5.91 Å². The second-order valence-electron chi connectivity index (χ2n) is 8.49. The quantitative estimate of drug-likeness (QED) is 0.737. The molecular formula is C24H26N4O3. The van der Waals surface area contributed by atoms with Crippen molar-refractivity contribution in [3.8, 4) is 0 Å². The summed E-state index contributed by atoms with van der Waals surface area (Å²) in [6.45, 7) is 3.96. The highest BCUT2D eigenvalue weighted by Gasteiger charge is 2.39. The Balaban J connectivity index is 1.33. The minimum atomic E-state index is -0.573. The molecule has 3 amide bonds. The lowest BCUT2D eigenvalue weighted by Gasteiger charge is -2.36. The molecule has 160 valence electrons. The van der Waals surface area contributed by atoms with Crippen LogP contribution in [0.15, 0.2) is 48.5 Å². The van der Waals surface area contributed by atoms with Crippen molar-refractivity contribution in [3.05, 3.63) is 70.8 Å². The Morgan fingerprint density at radius 1 is 1.00 bits per heavy atom. The van der Waals surface area contributed by atoms with Gasteiger partial charge in [0, 0.05) is 50.7 Å². The Bertz CT molecular complexity index is 1020. The molecule has 2 saturated heterocycles. The van der Waals surface area contributed by atoms with E-state index >= 15 is 0 Å². The fraction of sp³-hybridized carbons (Fsp3) is 0.375. The van der Waals surface area contributed by atoms with Gasteiger partial charge in [0.15, 0.2) is 0 Å². The van der Waals surface area contributed by atoms with Gasteiger partial charge in [0.2, 0.25) is 11.8 Å². The van der Waals surface area contributed by atoms with Gasteiger partial charge in [0.05, 0.1) is 0 Å². The van der Waals surface area contributed by atoms with Gasteiger partial charge >= 0.3 is 0 Å². The third-order valence-corrected chi connectivity index (χ3v) is 6.52. The molecule has 0 bridgehead atoms. The van der Waals surface area contributed by atoms with Crippen molar-refractivity contribution in [2.24, 2.45) is 0 Å². The van der Waals surface area contributed by atoms with Crippen molar-refractivity contribution in [2.75, 3.05) is 19.6 Å². The van der Waals surface area contributed by atoms with Crippen LogP contribution in [-0.4, -0.2) is 53.2 Å². The van der Waals surface area contributed by atoms with Crippen molar-refractivity contribution in [1.82, 2.24) is 20.4 Å². The van der Waals surface area contributed by atoms with Crippen LogP contribution in [0.3, 0.4) is 0 Å². The number of piperidine rings is 1. The molecule has 7 heteroatoms. The van der Waals surface area contributed by atoms with Crippen LogP contribution in [-0.2, 0) is 22.7 Å². The van der Waals surface area contributed by atoms with E-state index in [1.807, 2.05) is 18.2 Å². The molecule has 2 fully saturated rings. The van der Waals surface area contributed by atoms with E-state index in [0.717, 1.165) is 37.3 Å². The normalized spacial score (nSPS) is 24.3. The molecule has 3 aliphatic rings. The molecule has 0 aromatic heterocycles. The van der Waals surface area contributed by atoms with Gasteiger partial charge in [-0.05, 0) is 29.2 Å². The molecule has 2 unspecified atom stereocenters. The molecule has 2 N–H and O–H groups in total. The number of fused-ring (bicyclic) bond motifs is 1. The zero-order valence-corrected chi connectivity index (χ0v) is 17.3. The highest BCUT2D eigenvalue weighted by molar-refractivity contribution is 6.05. The van der Waals surface area contributed by atoms with Crippen molar-refractivity contribution >= 4 is 17.7 Å². The zero-order valence-electron chi connectivity index (χ0n) is 17.3. The molecule has 3 heterocycles. The number of hydrogen-bond acceptors (Lipinski definition) is 5. The minimum absolute atomic E-state index is 0.119. The predicted molar refractivity (Wildman–Crippen MR) is 115 cm³/mol. The van der Waals surface area contributed by atoms with Crippen molar-refractivity contribution in [2.45, 2.75) is 38.0 Å². The highest BCUT2D eigenvalue weighted by Crippen LogP contribution is 2.30. The van der Waals surface area contributed by atoms with Crippen LogP contribution in [0.1, 0.15) is 45.9 Å². The fourth-order valence-electron chi connectivity index (χ4n) is 4.87. The summed E-state index contributed by atoms with van der Waals surface area (Å²) in [5, 5.41) is 5.84. The molecule has 3 aliphatic heterocycles. The van der Waals surface area contributed by atoms with E-state index in [0.29, 0.717) is 24.6 Å². The number of carbonyl (C=O) groups is 3. The standard InChI is InChI=1S/C24H26N4O3/c29-22-9-8-20(23(30)26-22)28-15-18-7-6-16(12-19(18)24(28)31)14-27-11-10-25-13-21(27)17-4-2-1-3-5-17/h1-7,12,20-21,25H,8-11,13-15H2,(H,26,29,30). The molecule has 5 rings (SSSR count). The van der Waals surface area contributed by atoms with E-state index in [4.69, 9.17) is 0 Å². The second kappa shape index (κ2) is 8.24. The predicted octanol–water partition coefficient (Wildman–Crippen LogP) is 1.59. The summed E-state index contributed by atoms with van der Waals surface area (Å²) in [5.74, 6) is -0.757. The molecule has 0 radical (unpaired) electrons. The van der Waals surface area contributed by atoms with Crippen LogP contribution in [0, 0.1) is 0 Å². The van der Waals surface area contributed by atoms with Crippen LogP contribution in [0.2, 0.25) is 0 Å². The van der Waals surface area contributed by atoms with E-state index in [1.165, 1.54) is 5.56 Å². The summed E-state index contributed by atoms with van der Waals surface area (Å²) in [7, 11) is 0. The molecule has 31 heavy (non-hydrogen) atoms. The van der Waals surface area contributed by atoms with Crippen molar-refractivity contribution < 1.29 is 14.4 Å². The summed E-state index contributed by atoms with van der Waals surface area (Å²) in [5.41, 5.74) is 4.00. The first-order valence-corrected chi connectivity index (χ1v) is 10.9. The number of piperazine rings is 1. The number of imide groups is 1. The Labute approximate surface area is 181 Å². The smallest absolute Gasteiger partial charge is 0.255 e. The Hall–Kier alpha value is -3.03. The first-order valence-electron chi connectivity index (χ1n) is 10.9. The number of carbonyl (C=O) groups excluding carboxylic acids is 3. The van der Waals surface area contributed by atoms with Gasteiger partial charge in [-0.2, -0.15) is 0 Å². The molecule has 7 nitrogen and oxygen atoms in total. The van der Waals surface area contributed by atoms with Crippen LogP contribution < -0.4 is 10.6 Å². The fourth-order valence-corrected chi connectivity index (χ4v) is 4.87. The third-order valence-electron chi connectivity index (χ3n) is 6.52. The lowest BCUT2D eigenvalue weighted by Crippen LogP contribution is -2.52. The van der Waals surface area contributed by atoms with Crippen LogP contribution in [0.4, 0.5) is 0 Å². The Kier molecular flexibility index (Phi) is 5.29. The van der Waals surface area contributed by atoms with Gasteiger partial charge in [0.1, 0.15) is 6.04 Å². The average molecular weight is 418 g/mol. The molecule has 0 aliphatic carbocycles. The lowest BCUT2D eigenvalue weighted by molar-refractivity contribution is -0.136. The van der Waals surface area contributed by atoms with Gasteiger partial charge in [-0.3, -0.25) is 24.6 Å².